The van der Waals surface area contributed by atoms with E-state index in [1.807, 2.05) is 49.4 Å². The molecule has 0 atom stereocenters. The van der Waals surface area contributed by atoms with E-state index in [-0.39, 0.29) is 5.91 Å². The summed E-state index contributed by atoms with van der Waals surface area (Å²) >= 11 is 1.60. The molecule has 2 heterocycles. The van der Waals surface area contributed by atoms with Crippen LogP contribution in [0.4, 0.5) is 10.7 Å². The summed E-state index contributed by atoms with van der Waals surface area (Å²) in [4.78, 5) is 23.3. The van der Waals surface area contributed by atoms with Gasteiger partial charge in [0.15, 0.2) is 0 Å². The molecule has 0 spiro atoms. The molecule has 0 saturated heterocycles. The third kappa shape index (κ3) is 3.82. The maximum atomic E-state index is 13.2. The van der Waals surface area contributed by atoms with E-state index in [0.717, 1.165) is 35.5 Å². The highest BCUT2D eigenvalue weighted by atomic mass is 32.1. The highest BCUT2D eigenvalue weighted by Crippen LogP contribution is 2.41. The minimum atomic E-state index is -0.139. The standard InChI is InChI=1S/C22H21N3O2S/c1-2-27-18-11-4-3-10-17(18)25-21(26)20-16-9-7-12-19(16)28-22(20)24-14-15-8-5-6-13-23-15/h3-6,8,10-11,13-14H,2,7,9,12H2,1H3,(H,25,26)/b24-14+. The number of carbonyl (C=O) groups excluding carboxylic acids is 1. The van der Waals surface area contributed by atoms with E-state index in [1.54, 1.807) is 23.7 Å². The Hall–Kier alpha value is -2.99. The fraction of sp³-hybridized carbons (Fsp3) is 0.227. The minimum Gasteiger partial charge on any atom is -0.492 e. The van der Waals surface area contributed by atoms with Gasteiger partial charge in [-0.1, -0.05) is 18.2 Å². The van der Waals surface area contributed by atoms with Crippen molar-refractivity contribution in [1.82, 2.24) is 4.98 Å². The number of aliphatic imine (C=N–C) groups is 1. The molecule has 0 fully saturated rings. The largest absolute Gasteiger partial charge is 0.492 e. The van der Waals surface area contributed by atoms with Crippen LogP contribution in [0.3, 0.4) is 0 Å². The van der Waals surface area contributed by atoms with Crippen LogP contribution in [0.15, 0.2) is 53.7 Å². The van der Waals surface area contributed by atoms with E-state index in [9.17, 15) is 4.79 Å². The van der Waals surface area contributed by atoms with Crippen molar-refractivity contribution in [2.24, 2.45) is 4.99 Å². The first-order valence-corrected chi connectivity index (χ1v) is 10.2. The summed E-state index contributed by atoms with van der Waals surface area (Å²) < 4.78 is 5.63. The second-order valence-electron chi connectivity index (χ2n) is 6.43. The number of pyridine rings is 1. The Kier molecular flexibility index (Phi) is 5.48. The number of hydrogen-bond donors (Lipinski definition) is 1. The number of fused-ring (bicyclic) bond motifs is 1. The summed E-state index contributed by atoms with van der Waals surface area (Å²) in [5.74, 6) is 0.531. The number of para-hydroxylation sites is 2. The van der Waals surface area contributed by atoms with Crippen LogP contribution in [0.1, 0.15) is 39.8 Å². The topological polar surface area (TPSA) is 63.6 Å². The Morgan fingerprint density at radius 2 is 2.11 bits per heavy atom. The van der Waals surface area contributed by atoms with Crippen LogP contribution >= 0.6 is 11.3 Å². The second kappa shape index (κ2) is 8.35. The van der Waals surface area contributed by atoms with Gasteiger partial charge in [-0.25, -0.2) is 4.99 Å². The summed E-state index contributed by atoms with van der Waals surface area (Å²) in [5, 5.41) is 3.76. The zero-order valence-corrected chi connectivity index (χ0v) is 16.5. The molecule has 1 amide bonds. The number of ether oxygens (including phenoxy) is 1. The van der Waals surface area contributed by atoms with Gasteiger partial charge in [0, 0.05) is 11.1 Å². The molecule has 0 radical (unpaired) electrons. The maximum Gasteiger partial charge on any atom is 0.259 e. The van der Waals surface area contributed by atoms with Crippen LogP contribution in [0.25, 0.3) is 0 Å². The number of nitrogens with zero attached hydrogens (tertiary/aromatic N) is 2. The SMILES string of the molecule is CCOc1ccccc1NC(=O)c1c(/N=C/c2ccccn2)sc2c1CCC2. The fourth-order valence-corrected chi connectivity index (χ4v) is 4.56. The highest BCUT2D eigenvalue weighted by molar-refractivity contribution is 7.16. The van der Waals surface area contributed by atoms with Crippen molar-refractivity contribution in [2.45, 2.75) is 26.2 Å². The van der Waals surface area contributed by atoms with E-state index < -0.39 is 0 Å². The van der Waals surface area contributed by atoms with E-state index in [2.05, 4.69) is 15.3 Å². The lowest BCUT2D eigenvalue weighted by molar-refractivity contribution is 0.102. The predicted molar refractivity (Wildman–Crippen MR) is 113 cm³/mol. The van der Waals surface area contributed by atoms with Crippen molar-refractivity contribution in [3.8, 4) is 5.75 Å². The van der Waals surface area contributed by atoms with Crippen molar-refractivity contribution >= 4 is 34.1 Å². The molecule has 5 nitrogen and oxygen atoms in total. The third-order valence-electron chi connectivity index (χ3n) is 4.57. The number of amides is 1. The molecule has 1 aliphatic rings. The molecule has 1 N–H and O–H groups in total. The Bertz CT molecular complexity index is 1010. The van der Waals surface area contributed by atoms with Crippen LogP contribution in [0, 0.1) is 0 Å². The molecule has 2 aromatic heterocycles. The van der Waals surface area contributed by atoms with E-state index in [4.69, 9.17) is 4.74 Å². The van der Waals surface area contributed by atoms with Crippen molar-refractivity contribution in [2.75, 3.05) is 11.9 Å². The molecule has 4 rings (SSSR count). The molecule has 28 heavy (non-hydrogen) atoms. The number of rotatable bonds is 6. The van der Waals surface area contributed by atoms with Gasteiger partial charge in [0.2, 0.25) is 0 Å². The Morgan fingerprint density at radius 1 is 1.25 bits per heavy atom. The molecule has 0 saturated carbocycles. The average Bonchev–Trinajstić information content (AvgIpc) is 3.29. The monoisotopic (exact) mass is 391 g/mol. The van der Waals surface area contributed by atoms with Crippen molar-refractivity contribution in [3.05, 3.63) is 70.4 Å². The number of hydrogen-bond acceptors (Lipinski definition) is 5. The number of nitrogens with one attached hydrogen (secondary N) is 1. The number of aromatic nitrogens is 1. The van der Waals surface area contributed by atoms with Gasteiger partial charge in [-0.15, -0.1) is 11.3 Å². The normalized spacial score (nSPS) is 12.9. The Balaban J connectivity index is 1.65. The summed E-state index contributed by atoms with van der Waals surface area (Å²) in [6, 6.07) is 13.2. The lowest BCUT2D eigenvalue weighted by Crippen LogP contribution is -2.14. The number of aryl methyl sites for hydroxylation is 1. The smallest absolute Gasteiger partial charge is 0.259 e. The third-order valence-corrected chi connectivity index (χ3v) is 5.77. The molecule has 1 aromatic carbocycles. The van der Waals surface area contributed by atoms with Crippen LogP contribution in [0.5, 0.6) is 5.75 Å². The lowest BCUT2D eigenvalue weighted by Gasteiger charge is -2.11. The summed E-state index contributed by atoms with van der Waals surface area (Å²) in [6.07, 6.45) is 6.46. The zero-order chi connectivity index (χ0) is 19.3. The fourth-order valence-electron chi connectivity index (χ4n) is 3.33. The van der Waals surface area contributed by atoms with Crippen molar-refractivity contribution in [1.29, 1.82) is 0 Å². The van der Waals surface area contributed by atoms with Gasteiger partial charge in [-0.05, 0) is 56.0 Å². The van der Waals surface area contributed by atoms with E-state index in [0.29, 0.717) is 23.6 Å². The molecule has 142 valence electrons. The van der Waals surface area contributed by atoms with E-state index >= 15 is 0 Å². The summed E-state index contributed by atoms with van der Waals surface area (Å²) in [7, 11) is 0. The highest BCUT2D eigenvalue weighted by Gasteiger charge is 2.26. The summed E-state index contributed by atoms with van der Waals surface area (Å²) in [5.41, 5.74) is 3.25. The molecular formula is C22H21N3O2S. The molecular weight excluding hydrogens is 370 g/mol. The molecule has 0 unspecified atom stereocenters. The van der Waals surface area contributed by atoms with Crippen LogP contribution in [-0.4, -0.2) is 23.7 Å². The Morgan fingerprint density at radius 3 is 2.93 bits per heavy atom. The maximum absolute atomic E-state index is 13.2. The molecule has 1 aliphatic carbocycles. The molecule has 0 bridgehead atoms. The number of anilines is 1. The van der Waals surface area contributed by atoms with Crippen LogP contribution < -0.4 is 10.1 Å². The predicted octanol–water partition coefficient (Wildman–Crippen LogP) is 5.03. The van der Waals surface area contributed by atoms with Crippen LogP contribution in [-0.2, 0) is 12.8 Å². The van der Waals surface area contributed by atoms with Gasteiger partial charge in [-0.2, -0.15) is 0 Å². The number of thiophene rings is 1. The number of benzene rings is 1. The first-order chi connectivity index (χ1) is 13.8. The van der Waals surface area contributed by atoms with Gasteiger partial charge < -0.3 is 10.1 Å². The van der Waals surface area contributed by atoms with Crippen molar-refractivity contribution < 1.29 is 9.53 Å². The van der Waals surface area contributed by atoms with E-state index in [1.165, 1.54) is 4.88 Å². The quantitative estimate of drug-likeness (QED) is 0.599. The molecule has 0 aliphatic heterocycles. The van der Waals surface area contributed by atoms with Gasteiger partial charge in [0.25, 0.3) is 5.91 Å². The van der Waals surface area contributed by atoms with Gasteiger partial charge in [0.05, 0.1) is 29.8 Å². The lowest BCUT2D eigenvalue weighted by atomic mass is 10.1. The van der Waals surface area contributed by atoms with Gasteiger partial charge >= 0.3 is 0 Å². The minimum absolute atomic E-state index is 0.139. The average molecular weight is 391 g/mol. The second-order valence-corrected chi connectivity index (χ2v) is 7.52. The zero-order valence-electron chi connectivity index (χ0n) is 15.6. The van der Waals surface area contributed by atoms with Crippen LogP contribution in [0.2, 0.25) is 0 Å². The van der Waals surface area contributed by atoms with Gasteiger partial charge in [-0.3, -0.25) is 9.78 Å². The number of carbonyl (C=O) groups is 1. The van der Waals surface area contributed by atoms with Crippen molar-refractivity contribution in [3.63, 3.8) is 0 Å². The van der Waals surface area contributed by atoms with Gasteiger partial charge in [0.1, 0.15) is 10.8 Å². The first kappa shape index (κ1) is 18.4. The molecule has 3 aromatic rings. The first-order valence-electron chi connectivity index (χ1n) is 9.39. The Labute approximate surface area is 168 Å². The molecule has 6 heteroatoms. The summed E-state index contributed by atoms with van der Waals surface area (Å²) in [6.45, 7) is 2.47.